The number of rotatable bonds is 4. The van der Waals surface area contributed by atoms with Crippen molar-refractivity contribution in [3.05, 3.63) is 32.6 Å². The first-order valence-electron chi connectivity index (χ1n) is 7.26. The van der Waals surface area contributed by atoms with Gasteiger partial charge in [0.25, 0.3) is 5.56 Å². The summed E-state index contributed by atoms with van der Waals surface area (Å²) in [5.41, 5.74) is -0.879. The van der Waals surface area contributed by atoms with Crippen molar-refractivity contribution >= 4 is 11.9 Å². The summed E-state index contributed by atoms with van der Waals surface area (Å²) in [4.78, 5) is 52.3. The van der Waals surface area contributed by atoms with Crippen LogP contribution in [0.3, 0.4) is 0 Å². The largest absolute Gasteiger partial charge is 0.466 e. The van der Waals surface area contributed by atoms with Crippen LogP contribution in [0.15, 0.2) is 15.7 Å². The lowest BCUT2D eigenvalue weighted by Crippen LogP contribution is -2.41. The number of nitrogens with zero attached hydrogens (tertiary/aromatic N) is 1. The van der Waals surface area contributed by atoms with E-state index < -0.39 is 11.2 Å². The first-order chi connectivity index (χ1) is 10.5. The van der Waals surface area contributed by atoms with Crippen molar-refractivity contribution in [3.8, 4) is 0 Å². The SMILES string of the molecule is CCOC(=O)C1CCN(C(=O)Cc2cc(=O)[nH]c(=O)[nH]2)CC1. The van der Waals surface area contributed by atoms with Crippen LogP contribution in [0.25, 0.3) is 0 Å². The summed E-state index contributed by atoms with van der Waals surface area (Å²) in [6, 6.07) is 1.20. The van der Waals surface area contributed by atoms with Crippen molar-refractivity contribution in [2.24, 2.45) is 5.92 Å². The van der Waals surface area contributed by atoms with E-state index in [2.05, 4.69) is 9.97 Å². The molecular formula is C14H19N3O5. The molecule has 1 aliphatic heterocycles. The number of aromatic amines is 2. The molecule has 0 aliphatic carbocycles. The highest BCUT2D eigenvalue weighted by molar-refractivity contribution is 5.79. The molecule has 2 rings (SSSR count). The average molecular weight is 309 g/mol. The fourth-order valence-electron chi connectivity index (χ4n) is 2.51. The van der Waals surface area contributed by atoms with Gasteiger partial charge < -0.3 is 14.6 Å². The second-order valence-corrected chi connectivity index (χ2v) is 5.20. The van der Waals surface area contributed by atoms with Gasteiger partial charge in [-0.3, -0.25) is 19.4 Å². The molecule has 120 valence electrons. The number of likely N-dealkylation sites (tertiary alicyclic amines) is 1. The lowest BCUT2D eigenvalue weighted by atomic mass is 9.97. The fraction of sp³-hybridized carbons (Fsp3) is 0.571. The molecule has 0 unspecified atom stereocenters. The topological polar surface area (TPSA) is 112 Å². The van der Waals surface area contributed by atoms with Gasteiger partial charge in [0.05, 0.1) is 18.9 Å². The summed E-state index contributed by atoms with van der Waals surface area (Å²) in [5.74, 6) is -0.555. The van der Waals surface area contributed by atoms with Crippen molar-refractivity contribution in [1.82, 2.24) is 14.9 Å². The van der Waals surface area contributed by atoms with Crippen molar-refractivity contribution in [2.75, 3.05) is 19.7 Å². The van der Waals surface area contributed by atoms with E-state index >= 15 is 0 Å². The Bertz CT molecular complexity index is 627. The molecule has 22 heavy (non-hydrogen) atoms. The van der Waals surface area contributed by atoms with Gasteiger partial charge in [0.1, 0.15) is 0 Å². The van der Waals surface area contributed by atoms with E-state index in [0.29, 0.717) is 32.5 Å². The zero-order chi connectivity index (χ0) is 16.1. The molecule has 1 saturated heterocycles. The Morgan fingerprint density at radius 3 is 2.55 bits per heavy atom. The molecule has 0 radical (unpaired) electrons. The number of esters is 1. The number of H-pyrrole nitrogens is 2. The third kappa shape index (κ3) is 4.06. The maximum Gasteiger partial charge on any atom is 0.325 e. The van der Waals surface area contributed by atoms with Crippen molar-refractivity contribution in [3.63, 3.8) is 0 Å². The molecule has 1 amide bonds. The number of carbonyl (C=O) groups excluding carboxylic acids is 2. The number of hydrogen-bond acceptors (Lipinski definition) is 5. The van der Waals surface area contributed by atoms with Crippen LogP contribution in [-0.2, 0) is 20.7 Å². The maximum absolute atomic E-state index is 12.2. The third-order valence-corrected chi connectivity index (χ3v) is 3.63. The Labute approximate surface area is 126 Å². The zero-order valence-corrected chi connectivity index (χ0v) is 12.4. The molecule has 1 aromatic heterocycles. The van der Waals surface area contributed by atoms with E-state index in [0.717, 1.165) is 0 Å². The summed E-state index contributed by atoms with van der Waals surface area (Å²) < 4.78 is 4.98. The first-order valence-corrected chi connectivity index (χ1v) is 7.26. The highest BCUT2D eigenvalue weighted by atomic mass is 16.5. The summed E-state index contributed by atoms with van der Waals surface area (Å²) in [6.07, 6.45) is 1.09. The summed E-state index contributed by atoms with van der Waals surface area (Å²) in [5, 5.41) is 0. The second-order valence-electron chi connectivity index (χ2n) is 5.20. The number of hydrogen-bond donors (Lipinski definition) is 2. The van der Waals surface area contributed by atoms with E-state index in [4.69, 9.17) is 4.74 Å². The van der Waals surface area contributed by atoms with Crippen LogP contribution in [0.2, 0.25) is 0 Å². The number of nitrogens with one attached hydrogen (secondary N) is 2. The number of ether oxygens (including phenoxy) is 1. The van der Waals surface area contributed by atoms with Crippen LogP contribution in [0, 0.1) is 5.92 Å². The molecule has 0 aromatic carbocycles. The van der Waals surface area contributed by atoms with Gasteiger partial charge in [-0.05, 0) is 19.8 Å². The standard InChI is InChI=1S/C14H19N3O5/c1-2-22-13(20)9-3-5-17(6-4-9)12(19)8-10-7-11(18)16-14(21)15-10/h7,9H,2-6,8H2,1H3,(H2,15,16,18,21). The van der Waals surface area contributed by atoms with Crippen LogP contribution < -0.4 is 11.2 Å². The van der Waals surface area contributed by atoms with Gasteiger partial charge in [0, 0.05) is 24.8 Å². The Balaban J connectivity index is 1.91. The van der Waals surface area contributed by atoms with Crippen molar-refractivity contribution in [2.45, 2.75) is 26.2 Å². The fourth-order valence-corrected chi connectivity index (χ4v) is 2.51. The number of amides is 1. The van der Waals surface area contributed by atoms with E-state index in [1.54, 1.807) is 11.8 Å². The van der Waals surface area contributed by atoms with E-state index in [-0.39, 0.29) is 29.9 Å². The molecule has 8 nitrogen and oxygen atoms in total. The summed E-state index contributed by atoms with van der Waals surface area (Å²) in [6.45, 7) is 3.05. The maximum atomic E-state index is 12.2. The normalized spacial score (nSPS) is 15.6. The lowest BCUT2D eigenvalue weighted by molar-refractivity contribution is -0.151. The monoisotopic (exact) mass is 309 g/mol. The van der Waals surface area contributed by atoms with Crippen molar-refractivity contribution < 1.29 is 14.3 Å². The van der Waals surface area contributed by atoms with E-state index in [9.17, 15) is 19.2 Å². The predicted octanol–water partition coefficient (Wildman–Crippen LogP) is -0.593. The average Bonchev–Trinajstić information content (AvgIpc) is 2.46. The van der Waals surface area contributed by atoms with Gasteiger partial charge in [-0.25, -0.2) is 4.79 Å². The molecule has 1 aromatic rings. The van der Waals surface area contributed by atoms with Gasteiger partial charge >= 0.3 is 11.7 Å². The lowest BCUT2D eigenvalue weighted by Gasteiger charge is -2.30. The van der Waals surface area contributed by atoms with Crippen LogP contribution >= 0.6 is 0 Å². The van der Waals surface area contributed by atoms with Crippen LogP contribution in [0.1, 0.15) is 25.5 Å². The third-order valence-electron chi connectivity index (χ3n) is 3.63. The first kappa shape index (κ1) is 16.0. The molecule has 2 N–H and O–H groups in total. The van der Waals surface area contributed by atoms with Crippen LogP contribution in [0.5, 0.6) is 0 Å². The number of aromatic nitrogens is 2. The molecule has 1 aliphatic rings. The molecule has 2 heterocycles. The Hall–Kier alpha value is -2.38. The minimum atomic E-state index is -0.628. The van der Waals surface area contributed by atoms with Gasteiger partial charge in [0.15, 0.2) is 0 Å². The van der Waals surface area contributed by atoms with Gasteiger partial charge in [-0.2, -0.15) is 0 Å². The molecule has 8 heteroatoms. The molecule has 0 bridgehead atoms. The van der Waals surface area contributed by atoms with Gasteiger partial charge in [-0.1, -0.05) is 0 Å². The molecule has 0 atom stereocenters. The number of carbonyl (C=O) groups is 2. The Morgan fingerprint density at radius 2 is 1.95 bits per heavy atom. The highest BCUT2D eigenvalue weighted by Gasteiger charge is 2.28. The van der Waals surface area contributed by atoms with Gasteiger partial charge in [0.2, 0.25) is 5.91 Å². The highest BCUT2D eigenvalue weighted by Crippen LogP contribution is 2.19. The summed E-state index contributed by atoms with van der Waals surface area (Å²) >= 11 is 0. The zero-order valence-electron chi connectivity index (χ0n) is 12.4. The molecule has 1 fully saturated rings. The minimum Gasteiger partial charge on any atom is -0.466 e. The Morgan fingerprint density at radius 1 is 1.27 bits per heavy atom. The smallest absolute Gasteiger partial charge is 0.325 e. The molecule has 0 saturated carbocycles. The van der Waals surface area contributed by atoms with Gasteiger partial charge in [-0.15, -0.1) is 0 Å². The van der Waals surface area contributed by atoms with E-state index in [1.165, 1.54) is 6.07 Å². The molecule has 0 spiro atoms. The number of piperidine rings is 1. The summed E-state index contributed by atoms with van der Waals surface area (Å²) in [7, 11) is 0. The van der Waals surface area contributed by atoms with Crippen LogP contribution in [0.4, 0.5) is 0 Å². The van der Waals surface area contributed by atoms with Crippen LogP contribution in [-0.4, -0.2) is 46.4 Å². The Kier molecular flexibility index (Phi) is 5.13. The van der Waals surface area contributed by atoms with E-state index in [1.807, 2.05) is 0 Å². The quantitative estimate of drug-likeness (QED) is 0.722. The van der Waals surface area contributed by atoms with Crippen molar-refractivity contribution in [1.29, 1.82) is 0 Å². The second kappa shape index (κ2) is 7.06. The predicted molar refractivity (Wildman–Crippen MR) is 77.3 cm³/mol. The minimum absolute atomic E-state index is 0.0385. The molecular weight excluding hydrogens is 290 g/mol.